The van der Waals surface area contributed by atoms with Gasteiger partial charge in [0.05, 0.1) is 6.26 Å². The lowest BCUT2D eigenvalue weighted by molar-refractivity contribution is -0.138. The van der Waals surface area contributed by atoms with E-state index in [-0.39, 0.29) is 30.1 Å². The maximum atomic E-state index is 13.1. The Morgan fingerprint density at radius 3 is 2.46 bits per heavy atom. The fourth-order valence-electron chi connectivity index (χ4n) is 4.81. The summed E-state index contributed by atoms with van der Waals surface area (Å²) in [5, 5.41) is 9.65. The van der Waals surface area contributed by atoms with E-state index in [9.17, 15) is 18.0 Å². The molecule has 35 heavy (non-hydrogen) atoms. The van der Waals surface area contributed by atoms with Crippen LogP contribution in [0, 0.1) is 11.3 Å². The molecular formula is C26H37ClN2O5S. The molecule has 0 bridgehead atoms. The number of hydrogen-bond donors (Lipinski definition) is 1. The molecular weight excluding hydrogens is 488 g/mol. The molecule has 0 aromatic heterocycles. The van der Waals surface area contributed by atoms with Gasteiger partial charge in [-0.1, -0.05) is 51.4 Å². The highest BCUT2D eigenvalue weighted by molar-refractivity contribution is 7.88. The Bertz CT molecular complexity index is 1120. The fraction of sp³-hybridized carbons (Fsp3) is 0.615. The van der Waals surface area contributed by atoms with Gasteiger partial charge < -0.3 is 10.0 Å². The summed E-state index contributed by atoms with van der Waals surface area (Å²) < 4.78 is 25.4. The zero-order valence-corrected chi connectivity index (χ0v) is 22.9. The van der Waals surface area contributed by atoms with Crippen LogP contribution in [0.3, 0.4) is 0 Å². The number of carbonyl (C=O) groups is 2. The summed E-state index contributed by atoms with van der Waals surface area (Å²) >= 11 is 6.70. The molecule has 0 aliphatic carbocycles. The summed E-state index contributed by atoms with van der Waals surface area (Å²) in [5.41, 5.74) is 2.57. The monoisotopic (exact) mass is 524 g/mol. The van der Waals surface area contributed by atoms with Gasteiger partial charge in [0.2, 0.25) is 15.9 Å². The molecule has 0 radical (unpaired) electrons. The Hall–Kier alpha value is -1.90. The predicted molar refractivity (Wildman–Crippen MR) is 138 cm³/mol. The molecule has 0 spiro atoms. The summed E-state index contributed by atoms with van der Waals surface area (Å²) in [6.45, 7) is 9.67. The van der Waals surface area contributed by atoms with E-state index >= 15 is 0 Å². The molecule has 7 nitrogen and oxygen atoms in total. The first kappa shape index (κ1) is 27.7. The normalized spacial score (nSPS) is 22.2. The van der Waals surface area contributed by atoms with Crippen molar-refractivity contribution in [3.63, 3.8) is 0 Å². The van der Waals surface area contributed by atoms with Gasteiger partial charge in [-0.3, -0.25) is 9.59 Å². The number of carbonyl (C=O) groups excluding carboxylic acids is 1. The van der Waals surface area contributed by atoms with Crippen molar-refractivity contribution < 1.29 is 23.1 Å². The van der Waals surface area contributed by atoms with Gasteiger partial charge in [0, 0.05) is 55.0 Å². The minimum Gasteiger partial charge on any atom is -0.481 e. The number of hydrogen-bond acceptors (Lipinski definition) is 4. The van der Waals surface area contributed by atoms with Gasteiger partial charge in [0.1, 0.15) is 0 Å². The Labute approximate surface area is 214 Å². The van der Waals surface area contributed by atoms with E-state index in [1.54, 1.807) is 4.90 Å². The topological polar surface area (TPSA) is 95.0 Å². The molecule has 2 aliphatic rings. The number of sulfonamides is 1. The number of amides is 1. The second-order valence-electron chi connectivity index (χ2n) is 11.3. The number of carboxylic acid groups (broad SMARTS) is 1. The van der Waals surface area contributed by atoms with Crippen molar-refractivity contribution >= 4 is 33.5 Å². The third-order valence-electron chi connectivity index (χ3n) is 7.14. The van der Waals surface area contributed by atoms with E-state index in [1.165, 1.54) is 10.6 Å². The van der Waals surface area contributed by atoms with Gasteiger partial charge in [-0.2, -0.15) is 0 Å². The van der Waals surface area contributed by atoms with Gasteiger partial charge in [0.25, 0.3) is 0 Å². The molecule has 9 heteroatoms. The highest BCUT2D eigenvalue weighted by atomic mass is 35.5. The number of rotatable bonds is 9. The van der Waals surface area contributed by atoms with Crippen LogP contribution in [0.1, 0.15) is 64.5 Å². The first-order valence-corrected chi connectivity index (χ1v) is 14.3. The predicted octanol–water partition coefficient (Wildman–Crippen LogP) is 4.45. The van der Waals surface area contributed by atoms with Crippen LogP contribution in [-0.2, 0) is 31.4 Å². The highest BCUT2D eigenvalue weighted by Gasteiger charge is 2.47. The largest absolute Gasteiger partial charge is 0.481 e. The molecule has 2 aliphatic heterocycles. The molecule has 1 unspecified atom stereocenters. The summed E-state index contributed by atoms with van der Waals surface area (Å²) in [6, 6.07) is 6.03. The number of halogens is 1. The van der Waals surface area contributed by atoms with Crippen LogP contribution in [-0.4, -0.2) is 60.5 Å². The number of aliphatic carboxylic acids is 1. The van der Waals surface area contributed by atoms with E-state index < -0.39 is 21.4 Å². The van der Waals surface area contributed by atoms with Crippen LogP contribution >= 0.6 is 11.6 Å². The summed E-state index contributed by atoms with van der Waals surface area (Å²) in [4.78, 5) is 25.7. The number of benzene rings is 1. The van der Waals surface area contributed by atoms with Crippen LogP contribution in [0.25, 0.3) is 0 Å². The smallest absolute Gasteiger partial charge is 0.303 e. The summed E-state index contributed by atoms with van der Waals surface area (Å²) in [5.74, 6) is -0.995. The van der Waals surface area contributed by atoms with Crippen LogP contribution in [0.2, 0.25) is 5.02 Å². The SMILES string of the molecule is CC(C)(C)CCc1ccc(C2(C)CC(=O)N(CCCC(=O)O)C=C2C2CN(S(C)(=O)=O)C2)cc1Cl. The van der Waals surface area contributed by atoms with Crippen LogP contribution < -0.4 is 0 Å². The van der Waals surface area contributed by atoms with Gasteiger partial charge >= 0.3 is 5.97 Å². The van der Waals surface area contributed by atoms with Crippen LogP contribution in [0.5, 0.6) is 0 Å². The van der Waals surface area contributed by atoms with E-state index in [0.717, 1.165) is 29.5 Å². The maximum absolute atomic E-state index is 13.1. The minimum atomic E-state index is -3.28. The van der Waals surface area contributed by atoms with Crippen LogP contribution in [0.15, 0.2) is 30.0 Å². The molecule has 194 valence electrons. The highest BCUT2D eigenvalue weighted by Crippen LogP contribution is 2.46. The number of carboxylic acids is 1. The Balaban J connectivity index is 1.92. The van der Waals surface area contributed by atoms with E-state index in [2.05, 4.69) is 20.8 Å². The standard InChI is InChI=1S/C26H37ClN2O5S/c1-25(2,3)11-10-18-8-9-20(13-22(18)27)26(4)14-23(30)28(12-6-7-24(31)32)17-21(26)19-15-29(16-19)35(5,33)34/h8-9,13,17,19H,6-7,10-12,14-16H2,1-5H3,(H,31,32). The maximum Gasteiger partial charge on any atom is 0.303 e. The first-order valence-electron chi connectivity index (χ1n) is 12.1. The second-order valence-corrected chi connectivity index (χ2v) is 13.7. The molecule has 2 heterocycles. The van der Waals surface area contributed by atoms with Gasteiger partial charge in [-0.25, -0.2) is 12.7 Å². The second kappa shape index (κ2) is 10.2. The average molecular weight is 525 g/mol. The zero-order valence-electron chi connectivity index (χ0n) is 21.3. The van der Waals surface area contributed by atoms with Crippen molar-refractivity contribution in [2.24, 2.45) is 11.3 Å². The third kappa shape index (κ3) is 6.66. The Morgan fingerprint density at radius 1 is 1.26 bits per heavy atom. The van der Waals surface area contributed by atoms with Crippen molar-refractivity contribution in [2.75, 3.05) is 25.9 Å². The van der Waals surface area contributed by atoms with Gasteiger partial charge in [-0.15, -0.1) is 0 Å². The van der Waals surface area contributed by atoms with Crippen LogP contribution in [0.4, 0.5) is 0 Å². The average Bonchev–Trinajstić information content (AvgIpc) is 2.66. The molecule has 1 fully saturated rings. The van der Waals surface area contributed by atoms with Crippen molar-refractivity contribution in [3.05, 3.63) is 46.1 Å². The zero-order chi connectivity index (χ0) is 26.2. The molecule has 1 aromatic carbocycles. The number of aryl methyl sites for hydroxylation is 1. The van der Waals surface area contributed by atoms with E-state index in [4.69, 9.17) is 16.7 Å². The van der Waals surface area contributed by atoms with Gasteiger partial charge in [-0.05, 0) is 47.4 Å². The minimum absolute atomic E-state index is 0.0128. The molecule has 1 amide bonds. The quantitative estimate of drug-likeness (QED) is 0.515. The van der Waals surface area contributed by atoms with E-state index in [0.29, 0.717) is 31.1 Å². The summed E-state index contributed by atoms with van der Waals surface area (Å²) in [6.07, 6.45) is 5.47. The first-order chi connectivity index (χ1) is 16.1. The van der Waals surface area contributed by atoms with Crippen molar-refractivity contribution in [3.8, 4) is 0 Å². The Kier molecular flexibility index (Phi) is 8.09. The van der Waals surface area contributed by atoms with Gasteiger partial charge in [0.15, 0.2) is 0 Å². The molecule has 1 aromatic rings. The lowest BCUT2D eigenvalue weighted by Gasteiger charge is -2.48. The lowest BCUT2D eigenvalue weighted by atomic mass is 9.66. The molecule has 1 saturated heterocycles. The molecule has 1 atom stereocenters. The molecule has 3 rings (SSSR count). The Morgan fingerprint density at radius 2 is 1.91 bits per heavy atom. The fourth-order valence-corrected chi connectivity index (χ4v) is 5.99. The van der Waals surface area contributed by atoms with Crippen molar-refractivity contribution in [1.29, 1.82) is 0 Å². The molecule has 1 N–H and O–H groups in total. The molecule has 0 saturated carbocycles. The van der Waals surface area contributed by atoms with Crippen molar-refractivity contribution in [1.82, 2.24) is 9.21 Å². The number of nitrogens with zero attached hydrogens (tertiary/aromatic N) is 2. The van der Waals surface area contributed by atoms with Crippen molar-refractivity contribution in [2.45, 2.75) is 65.2 Å². The third-order valence-corrected chi connectivity index (χ3v) is 8.73. The lowest BCUT2D eigenvalue weighted by Crippen LogP contribution is -2.54. The van der Waals surface area contributed by atoms with E-state index in [1.807, 2.05) is 31.3 Å². The summed E-state index contributed by atoms with van der Waals surface area (Å²) in [7, 11) is -3.28.